The minimum absolute atomic E-state index is 0.286. The smallest absolute Gasteiger partial charge is 0.274 e. The number of hydrogen-bond acceptors (Lipinski definition) is 4. The molecule has 0 fully saturated rings. The second-order valence-corrected chi connectivity index (χ2v) is 4.70. The topological polar surface area (TPSA) is 64.1 Å². The number of nitrogens with zero attached hydrogens (tertiary/aromatic N) is 2. The van der Waals surface area contributed by atoms with E-state index < -0.39 is 0 Å². The van der Waals surface area contributed by atoms with Crippen molar-refractivity contribution in [3.63, 3.8) is 0 Å². The summed E-state index contributed by atoms with van der Waals surface area (Å²) in [4.78, 5) is 20.3. The number of aromatic nitrogens is 2. The first-order valence-corrected chi connectivity index (χ1v) is 6.36. The number of nitrogens with one attached hydrogen (secondary N) is 1. The molecule has 5 nitrogen and oxygen atoms in total. The molecule has 2 rings (SSSR count). The van der Waals surface area contributed by atoms with Gasteiger partial charge in [0.05, 0.1) is 19.0 Å². The molecule has 0 aliphatic heterocycles. The molecule has 5 heteroatoms. The van der Waals surface area contributed by atoms with E-state index in [1.54, 1.807) is 31.6 Å². The molecular weight excluding hydrogens is 254 g/mol. The van der Waals surface area contributed by atoms with Crippen molar-refractivity contribution in [3.8, 4) is 5.75 Å². The van der Waals surface area contributed by atoms with Crippen molar-refractivity contribution in [3.05, 3.63) is 48.0 Å². The second-order valence-electron chi connectivity index (χ2n) is 4.70. The Hall–Kier alpha value is -2.43. The van der Waals surface area contributed by atoms with Crippen molar-refractivity contribution in [2.75, 3.05) is 12.4 Å². The molecule has 2 aromatic heterocycles. The lowest BCUT2D eigenvalue weighted by Crippen LogP contribution is -2.14. The summed E-state index contributed by atoms with van der Waals surface area (Å²) in [6.07, 6.45) is 4.95. The Morgan fingerprint density at radius 2 is 2.10 bits per heavy atom. The van der Waals surface area contributed by atoms with Crippen LogP contribution < -0.4 is 10.1 Å². The molecule has 0 spiro atoms. The first kappa shape index (κ1) is 14.0. The number of rotatable bonds is 4. The number of ether oxygens (including phenoxy) is 1. The summed E-state index contributed by atoms with van der Waals surface area (Å²) in [6, 6.07) is 5.20. The molecule has 104 valence electrons. The maximum absolute atomic E-state index is 12.1. The van der Waals surface area contributed by atoms with E-state index in [1.807, 2.05) is 6.07 Å². The lowest BCUT2D eigenvalue weighted by Gasteiger charge is -2.09. The van der Waals surface area contributed by atoms with Gasteiger partial charge in [0.15, 0.2) is 0 Å². The van der Waals surface area contributed by atoms with Crippen LogP contribution in [-0.2, 0) is 0 Å². The Labute approximate surface area is 118 Å². The van der Waals surface area contributed by atoms with Crippen molar-refractivity contribution in [2.45, 2.75) is 19.8 Å². The normalized spacial score (nSPS) is 10.4. The van der Waals surface area contributed by atoms with Crippen LogP contribution in [0.3, 0.4) is 0 Å². The molecule has 1 N–H and O–H groups in total. The standard InChI is InChI=1S/C15H17N3O2/c1-10(2)11-6-12(9-16-8-11)18-15(19)14-7-13(20-3)4-5-17-14/h4-10H,1-3H3,(H,18,19). The van der Waals surface area contributed by atoms with Gasteiger partial charge >= 0.3 is 0 Å². The molecule has 2 aromatic rings. The van der Waals surface area contributed by atoms with Gasteiger partial charge in [-0.05, 0) is 23.6 Å². The average molecular weight is 271 g/mol. The summed E-state index contributed by atoms with van der Waals surface area (Å²) < 4.78 is 5.07. The van der Waals surface area contributed by atoms with Crippen LogP contribution in [0.5, 0.6) is 5.75 Å². The van der Waals surface area contributed by atoms with Crippen LogP contribution in [0.25, 0.3) is 0 Å². The molecule has 2 heterocycles. The molecule has 0 aliphatic rings. The minimum Gasteiger partial charge on any atom is -0.497 e. The fourth-order valence-corrected chi connectivity index (χ4v) is 1.70. The zero-order valence-corrected chi connectivity index (χ0v) is 11.8. The van der Waals surface area contributed by atoms with Crippen LogP contribution in [-0.4, -0.2) is 23.0 Å². The minimum atomic E-state index is -0.286. The highest BCUT2D eigenvalue weighted by Crippen LogP contribution is 2.18. The number of methoxy groups -OCH3 is 1. The molecule has 0 radical (unpaired) electrons. The lowest BCUT2D eigenvalue weighted by atomic mass is 10.1. The van der Waals surface area contributed by atoms with Crippen molar-refractivity contribution >= 4 is 11.6 Å². The van der Waals surface area contributed by atoms with E-state index in [4.69, 9.17) is 4.74 Å². The Morgan fingerprint density at radius 1 is 1.30 bits per heavy atom. The van der Waals surface area contributed by atoms with Crippen molar-refractivity contribution in [1.82, 2.24) is 9.97 Å². The highest BCUT2D eigenvalue weighted by Gasteiger charge is 2.10. The first-order chi connectivity index (χ1) is 9.60. The van der Waals surface area contributed by atoms with Gasteiger partial charge in [0.25, 0.3) is 5.91 Å². The van der Waals surface area contributed by atoms with Gasteiger partial charge in [0.2, 0.25) is 0 Å². The SMILES string of the molecule is COc1ccnc(C(=O)Nc2cncc(C(C)C)c2)c1. The molecule has 0 aromatic carbocycles. The van der Waals surface area contributed by atoms with E-state index in [2.05, 4.69) is 29.1 Å². The average Bonchev–Trinajstić information content (AvgIpc) is 2.47. The highest BCUT2D eigenvalue weighted by atomic mass is 16.5. The van der Waals surface area contributed by atoms with E-state index in [1.165, 1.54) is 6.20 Å². The molecule has 1 amide bonds. The van der Waals surface area contributed by atoms with E-state index in [0.29, 0.717) is 23.0 Å². The number of anilines is 1. The summed E-state index contributed by atoms with van der Waals surface area (Å²) in [7, 11) is 1.55. The summed E-state index contributed by atoms with van der Waals surface area (Å²) >= 11 is 0. The fourth-order valence-electron chi connectivity index (χ4n) is 1.70. The zero-order chi connectivity index (χ0) is 14.5. The van der Waals surface area contributed by atoms with Gasteiger partial charge < -0.3 is 10.1 Å². The van der Waals surface area contributed by atoms with Crippen molar-refractivity contribution < 1.29 is 9.53 Å². The predicted octanol–water partition coefficient (Wildman–Crippen LogP) is 2.86. The van der Waals surface area contributed by atoms with Gasteiger partial charge in [0, 0.05) is 18.5 Å². The van der Waals surface area contributed by atoms with Crippen LogP contribution in [0.1, 0.15) is 35.8 Å². The number of hydrogen-bond donors (Lipinski definition) is 1. The Morgan fingerprint density at radius 3 is 2.80 bits per heavy atom. The summed E-state index contributed by atoms with van der Waals surface area (Å²) in [6.45, 7) is 4.15. The molecule has 0 unspecified atom stereocenters. The quantitative estimate of drug-likeness (QED) is 0.928. The van der Waals surface area contributed by atoms with E-state index in [0.717, 1.165) is 5.56 Å². The van der Waals surface area contributed by atoms with Gasteiger partial charge in [0.1, 0.15) is 11.4 Å². The monoisotopic (exact) mass is 271 g/mol. The lowest BCUT2D eigenvalue weighted by molar-refractivity contribution is 0.102. The summed E-state index contributed by atoms with van der Waals surface area (Å²) in [5, 5.41) is 2.79. The summed E-state index contributed by atoms with van der Waals surface area (Å²) in [5.41, 5.74) is 2.03. The molecule has 0 saturated heterocycles. The fraction of sp³-hybridized carbons (Fsp3) is 0.267. The summed E-state index contributed by atoms with van der Waals surface area (Å²) in [5.74, 6) is 0.667. The molecule has 0 saturated carbocycles. The van der Waals surface area contributed by atoms with Gasteiger partial charge in [-0.2, -0.15) is 0 Å². The third-order valence-electron chi connectivity index (χ3n) is 2.88. The van der Waals surface area contributed by atoms with Gasteiger partial charge in [-0.15, -0.1) is 0 Å². The van der Waals surface area contributed by atoms with Crippen LogP contribution in [0.2, 0.25) is 0 Å². The third kappa shape index (κ3) is 3.32. The predicted molar refractivity (Wildman–Crippen MR) is 77.1 cm³/mol. The zero-order valence-electron chi connectivity index (χ0n) is 11.8. The van der Waals surface area contributed by atoms with Crippen LogP contribution in [0, 0.1) is 0 Å². The van der Waals surface area contributed by atoms with E-state index >= 15 is 0 Å². The maximum Gasteiger partial charge on any atom is 0.274 e. The highest BCUT2D eigenvalue weighted by molar-refractivity contribution is 6.03. The molecule has 0 bridgehead atoms. The van der Waals surface area contributed by atoms with Crippen LogP contribution >= 0.6 is 0 Å². The van der Waals surface area contributed by atoms with E-state index in [9.17, 15) is 4.79 Å². The molecule has 0 aliphatic carbocycles. The van der Waals surface area contributed by atoms with Gasteiger partial charge in [-0.25, -0.2) is 0 Å². The number of carbonyl (C=O) groups excluding carboxylic acids is 1. The Kier molecular flexibility index (Phi) is 4.30. The van der Waals surface area contributed by atoms with Crippen molar-refractivity contribution in [2.24, 2.45) is 0 Å². The largest absolute Gasteiger partial charge is 0.497 e. The maximum atomic E-state index is 12.1. The van der Waals surface area contributed by atoms with Crippen LogP contribution in [0.4, 0.5) is 5.69 Å². The number of pyridine rings is 2. The number of carbonyl (C=O) groups is 1. The van der Waals surface area contributed by atoms with Crippen LogP contribution in [0.15, 0.2) is 36.8 Å². The van der Waals surface area contributed by atoms with Gasteiger partial charge in [-0.1, -0.05) is 13.8 Å². The Bertz CT molecular complexity index is 612. The number of amides is 1. The molecular formula is C15H17N3O2. The van der Waals surface area contributed by atoms with E-state index in [-0.39, 0.29) is 5.91 Å². The first-order valence-electron chi connectivity index (χ1n) is 6.36. The molecule has 0 atom stereocenters. The van der Waals surface area contributed by atoms with Crippen molar-refractivity contribution in [1.29, 1.82) is 0 Å². The van der Waals surface area contributed by atoms with Gasteiger partial charge in [-0.3, -0.25) is 14.8 Å². The third-order valence-corrected chi connectivity index (χ3v) is 2.88. The Balaban J connectivity index is 2.16. The molecule has 20 heavy (non-hydrogen) atoms. The second kappa shape index (κ2) is 6.14.